The van der Waals surface area contributed by atoms with E-state index in [4.69, 9.17) is 9.56 Å². The van der Waals surface area contributed by atoms with Crippen LogP contribution in [-0.4, -0.2) is 21.7 Å². The molecular weight excluding hydrogens is 408 g/mol. The van der Waals surface area contributed by atoms with Gasteiger partial charge in [-0.2, -0.15) is 0 Å². The summed E-state index contributed by atoms with van der Waals surface area (Å²) in [6.07, 6.45) is 1.53. The molecule has 0 radical (unpaired) electrons. The Kier molecular flexibility index (Phi) is 5.88. The van der Waals surface area contributed by atoms with E-state index >= 15 is 0 Å². The second kappa shape index (κ2) is 7.88. The minimum atomic E-state index is -3.81. The van der Waals surface area contributed by atoms with E-state index in [9.17, 15) is 8.42 Å². The highest BCUT2D eigenvalue weighted by Crippen LogP contribution is 2.37. The summed E-state index contributed by atoms with van der Waals surface area (Å²) in [5.74, 6) is 0. The topological polar surface area (TPSA) is 82.3 Å². The molecular formula is C20H24N2O3S2Si. The number of benzene rings is 2. The maximum atomic E-state index is 11.5. The molecule has 1 aromatic heterocycles. The summed E-state index contributed by atoms with van der Waals surface area (Å²) in [5.41, 5.74) is 0. The van der Waals surface area contributed by atoms with Gasteiger partial charge in [-0.05, 0) is 15.4 Å². The third-order valence-corrected chi connectivity index (χ3v) is 11.9. The number of hydrogen-bond donors (Lipinski definition) is 1. The van der Waals surface area contributed by atoms with E-state index in [1.54, 1.807) is 0 Å². The predicted octanol–water partition coefficient (Wildman–Crippen LogP) is 2.87. The first-order chi connectivity index (χ1) is 13.1. The third-order valence-electron chi connectivity index (χ3n) is 4.62. The highest BCUT2D eigenvalue weighted by Gasteiger charge is 2.50. The van der Waals surface area contributed by atoms with E-state index in [-0.39, 0.29) is 16.0 Å². The van der Waals surface area contributed by atoms with E-state index in [2.05, 4.69) is 50.0 Å². The normalized spacial score (nSPS) is 12.9. The van der Waals surface area contributed by atoms with Crippen molar-refractivity contribution >= 4 is 40.1 Å². The molecule has 0 unspecified atom stereocenters. The molecule has 8 heteroatoms. The fraction of sp³-hybridized carbons (Fsp3) is 0.250. The van der Waals surface area contributed by atoms with Gasteiger partial charge in [-0.1, -0.05) is 81.4 Å². The van der Waals surface area contributed by atoms with Crippen LogP contribution >= 0.6 is 11.3 Å². The molecule has 0 saturated carbocycles. The summed E-state index contributed by atoms with van der Waals surface area (Å²) in [6.45, 7) is 6.87. The maximum Gasteiger partial charge on any atom is 0.265 e. The third kappa shape index (κ3) is 4.11. The van der Waals surface area contributed by atoms with Gasteiger partial charge in [0.2, 0.25) is 4.34 Å². The van der Waals surface area contributed by atoms with Crippen molar-refractivity contribution in [1.82, 2.24) is 4.98 Å². The van der Waals surface area contributed by atoms with Gasteiger partial charge < -0.3 is 4.43 Å². The number of aromatic nitrogens is 1. The van der Waals surface area contributed by atoms with Gasteiger partial charge >= 0.3 is 0 Å². The van der Waals surface area contributed by atoms with Crippen molar-refractivity contribution in [2.75, 3.05) is 0 Å². The van der Waals surface area contributed by atoms with Crippen molar-refractivity contribution in [1.29, 1.82) is 0 Å². The number of nitrogens with two attached hydrogens (primary N) is 1. The van der Waals surface area contributed by atoms with Gasteiger partial charge in [0.25, 0.3) is 18.3 Å². The molecule has 0 atom stereocenters. The summed E-state index contributed by atoms with van der Waals surface area (Å²) in [4.78, 5) is 4.67. The first-order valence-corrected chi connectivity index (χ1v) is 13.1. The van der Waals surface area contributed by atoms with Crippen LogP contribution in [0.1, 0.15) is 25.6 Å². The molecule has 3 rings (SSSR count). The van der Waals surface area contributed by atoms with Crippen LogP contribution in [0.2, 0.25) is 5.04 Å². The van der Waals surface area contributed by atoms with Crippen molar-refractivity contribution in [2.24, 2.45) is 5.14 Å². The Morgan fingerprint density at radius 2 is 1.50 bits per heavy atom. The SMILES string of the molecule is CC(C)(C)[Si](OCc1cnc(S(N)(=O)=O)s1)(c1ccccc1)c1ccccc1. The van der Waals surface area contributed by atoms with Crippen LogP contribution in [0, 0.1) is 0 Å². The smallest absolute Gasteiger partial charge is 0.265 e. The van der Waals surface area contributed by atoms with Crippen molar-refractivity contribution in [3.8, 4) is 0 Å². The Morgan fingerprint density at radius 1 is 1.00 bits per heavy atom. The lowest BCUT2D eigenvalue weighted by Crippen LogP contribution is -2.66. The number of sulfonamides is 1. The lowest BCUT2D eigenvalue weighted by atomic mass is 10.2. The minimum Gasteiger partial charge on any atom is -0.402 e. The maximum absolute atomic E-state index is 11.5. The van der Waals surface area contributed by atoms with E-state index < -0.39 is 18.3 Å². The van der Waals surface area contributed by atoms with Gasteiger partial charge in [0.1, 0.15) is 0 Å². The molecule has 2 N–H and O–H groups in total. The Hall–Kier alpha value is -1.84. The van der Waals surface area contributed by atoms with E-state index in [0.717, 1.165) is 16.2 Å². The number of thiazole rings is 1. The number of primary sulfonamides is 1. The van der Waals surface area contributed by atoms with Crippen LogP contribution in [-0.2, 0) is 21.1 Å². The van der Waals surface area contributed by atoms with Gasteiger partial charge in [0.05, 0.1) is 11.5 Å². The molecule has 148 valence electrons. The zero-order valence-electron chi connectivity index (χ0n) is 16.1. The fourth-order valence-corrected chi connectivity index (χ4v) is 9.60. The molecule has 0 fully saturated rings. The Balaban J connectivity index is 2.07. The molecule has 0 bridgehead atoms. The molecule has 0 spiro atoms. The zero-order chi connectivity index (χ0) is 20.4. The van der Waals surface area contributed by atoms with Gasteiger partial charge in [-0.3, -0.25) is 0 Å². The lowest BCUT2D eigenvalue weighted by Gasteiger charge is -2.42. The second-order valence-electron chi connectivity index (χ2n) is 7.59. The molecule has 2 aromatic carbocycles. The van der Waals surface area contributed by atoms with E-state index in [1.165, 1.54) is 16.6 Å². The van der Waals surface area contributed by atoms with E-state index in [0.29, 0.717) is 0 Å². The van der Waals surface area contributed by atoms with Gasteiger partial charge in [-0.15, -0.1) is 11.3 Å². The molecule has 0 aliphatic carbocycles. The molecule has 0 aliphatic rings. The van der Waals surface area contributed by atoms with Crippen LogP contribution < -0.4 is 15.5 Å². The first-order valence-electron chi connectivity index (χ1n) is 8.87. The van der Waals surface area contributed by atoms with Crippen LogP contribution in [0.15, 0.2) is 71.2 Å². The number of rotatable bonds is 6. The van der Waals surface area contributed by atoms with Crippen LogP contribution in [0.4, 0.5) is 0 Å². The van der Waals surface area contributed by atoms with Gasteiger partial charge in [-0.25, -0.2) is 18.5 Å². The average Bonchev–Trinajstić information content (AvgIpc) is 3.12. The van der Waals surface area contributed by atoms with Crippen molar-refractivity contribution in [3.05, 3.63) is 71.7 Å². The van der Waals surface area contributed by atoms with Gasteiger partial charge in [0, 0.05) is 6.20 Å². The average molecular weight is 433 g/mol. The van der Waals surface area contributed by atoms with Crippen molar-refractivity contribution in [2.45, 2.75) is 36.8 Å². The zero-order valence-corrected chi connectivity index (χ0v) is 18.8. The molecule has 0 amide bonds. The highest BCUT2D eigenvalue weighted by molar-refractivity contribution is 7.91. The largest absolute Gasteiger partial charge is 0.402 e. The molecule has 0 saturated heterocycles. The molecule has 3 aromatic rings. The summed E-state index contributed by atoms with van der Waals surface area (Å²) >= 11 is 1.05. The quantitative estimate of drug-likeness (QED) is 0.607. The number of nitrogens with zero attached hydrogens (tertiary/aromatic N) is 1. The fourth-order valence-electron chi connectivity index (χ4n) is 3.43. The summed E-state index contributed by atoms with van der Waals surface area (Å²) < 4.78 is 29.7. The summed E-state index contributed by atoms with van der Waals surface area (Å²) in [5, 5.41) is 7.38. The van der Waals surface area contributed by atoms with Crippen molar-refractivity contribution < 1.29 is 12.8 Å². The highest BCUT2D eigenvalue weighted by atomic mass is 32.2. The molecule has 1 heterocycles. The molecule has 28 heavy (non-hydrogen) atoms. The van der Waals surface area contributed by atoms with Crippen LogP contribution in [0.5, 0.6) is 0 Å². The van der Waals surface area contributed by atoms with Gasteiger partial charge in [0.15, 0.2) is 0 Å². The Morgan fingerprint density at radius 3 is 1.89 bits per heavy atom. The molecule has 0 aliphatic heterocycles. The summed E-state index contributed by atoms with van der Waals surface area (Å²) in [7, 11) is -6.48. The minimum absolute atomic E-state index is 0.0893. The Bertz CT molecular complexity index is 991. The van der Waals surface area contributed by atoms with Crippen LogP contribution in [0.25, 0.3) is 0 Å². The molecule has 5 nitrogen and oxygen atoms in total. The summed E-state index contributed by atoms with van der Waals surface area (Å²) in [6, 6.07) is 20.6. The lowest BCUT2D eigenvalue weighted by molar-refractivity contribution is 0.289. The monoisotopic (exact) mass is 432 g/mol. The first kappa shape index (κ1) is 20.9. The standard InChI is InChI=1S/C20H24N2O3S2Si/c1-20(2,3)28(17-10-6-4-7-11-17,18-12-8-5-9-13-18)25-15-16-14-22-19(26-16)27(21,23)24/h4-14H,15H2,1-3H3,(H2,21,23,24). The predicted molar refractivity (Wildman–Crippen MR) is 116 cm³/mol. The van der Waals surface area contributed by atoms with Crippen molar-refractivity contribution in [3.63, 3.8) is 0 Å². The van der Waals surface area contributed by atoms with E-state index in [1.807, 2.05) is 36.4 Å². The second-order valence-corrected chi connectivity index (χ2v) is 14.7. The van der Waals surface area contributed by atoms with Crippen LogP contribution in [0.3, 0.4) is 0 Å². The Labute approximate surface area is 171 Å². The number of hydrogen-bond acceptors (Lipinski definition) is 5.